The number of nitrogens with two attached hydrogens (primary N) is 1. The molecule has 28 nitrogen and oxygen atoms in total. The summed E-state index contributed by atoms with van der Waals surface area (Å²) in [5.74, 6) is -3.15. The second-order valence-electron chi connectivity index (χ2n) is 26.1. The molecule has 0 aliphatic carbocycles. The number of nitrogens with one attached hydrogen (secondary N) is 5. The fraction of sp³-hybridized carbons (Fsp3) is 0.221. The zero-order valence-corrected chi connectivity index (χ0v) is 67.6. The number of imidazole rings is 4. The molecule has 13 aromatic rings. The third-order valence-corrected chi connectivity index (χ3v) is 17.4. The lowest BCUT2D eigenvalue weighted by Crippen LogP contribution is -2.18. The third kappa shape index (κ3) is 24.1. The van der Waals surface area contributed by atoms with Crippen molar-refractivity contribution < 1.29 is 88.7 Å². The Labute approximate surface area is 698 Å². The predicted molar refractivity (Wildman–Crippen MR) is 432 cm³/mol. The summed E-state index contributed by atoms with van der Waals surface area (Å²) in [5, 5.41) is 36.0. The molecule has 0 aliphatic rings. The first kappa shape index (κ1) is 88.8. The third-order valence-electron chi connectivity index (χ3n) is 16.5. The van der Waals surface area contributed by atoms with Gasteiger partial charge in [0.05, 0.1) is 83.5 Å². The molecular weight excluding hydrogens is 1730 g/mol. The molecule has 5 heterocycles. The number of alkyl halides is 13. The minimum absolute atomic E-state index is 0.0538. The van der Waals surface area contributed by atoms with Crippen molar-refractivity contribution in [2.75, 3.05) is 28.4 Å². The van der Waals surface area contributed by atoms with Gasteiger partial charge in [0, 0.05) is 131 Å². The minimum atomic E-state index is -3.84. The van der Waals surface area contributed by atoms with Crippen molar-refractivity contribution in [3.8, 4) is 40.5 Å². The molecule has 0 bridgehead atoms. The normalized spacial score (nSPS) is 11.8. The number of oxime groups is 1. The SMILES string of the molecule is CC(C)n1cnc2cc(C(=O)Nc3ccc(OC(F)(F)Cl)cc3)cc(-c3noc(=O)[nH]3)c21.CC(C)n1cnc2cc(C(=O)Nc3ccc(OC(F)(F)Cl)cc3)cc(/C(N)=N/O)c21.CC(C)n1cnc2cc(C(=O)Nc3ccc(OC(F)(F)Cl)cc3)cc(Br)c21.CC(C)n1cnc2cc(C(=O)Nc3ccc(OC(F)(F)Cl)cc3)cc(C#N)c21.[2H]CF. The largest absolute Gasteiger partial charge is 0.487 e. The van der Waals surface area contributed by atoms with Crippen LogP contribution < -0.4 is 51.7 Å². The smallest absolute Gasteiger partial charge is 0.420 e. The van der Waals surface area contributed by atoms with Gasteiger partial charge in [0.15, 0.2) is 11.7 Å². The Balaban J connectivity index is 0.000000180. The number of amidine groups is 1. The van der Waals surface area contributed by atoms with Gasteiger partial charge >= 0.3 is 28.0 Å². The van der Waals surface area contributed by atoms with Crippen LogP contribution in [-0.4, -0.2) is 112 Å². The average Bonchev–Trinajstić information content (AvgIpc) is 1.60. The molecule has 0 saturated heterocycles. The van der Waals surface area contributed by atoms with E-state index in [2.05, 4.69) is 102 Å². The van der Waals surface area contributed by atoms with Crippen LogP contribution in [0, 0.1) is 11.3 Å². The Morgan fingerprint density at radius 2 is 0.807 bits per heavy atom. The van der Waals surface area contributed by atoms with Crippen molar-refractivity contribution in [1.29, 1.82) is 5.26 Å². The number of benzene rings is 8. The first-order chi connectivity index (χ1) is 56.4. The van der Waals surface area contributed by atoms with E-state index in [1.165, 1.54) is 109 Å². The summed E-state index contributed by atoms with van der Waals surface area (Å²) in [6.45, 7) is 15.8. The van der Waals surface area contributed by atoms with Crippen molar-refractivity contribution in [3.05, 3.63) is 219 Å². The van der Waals surface area contributed by atoms with Crippen molar-refractivity contribution >= 4 is 159 Å². The van der Waals surface area contributed by atoms with Crippen LogP contribution in [0.15, 0.2) is 190 Å². The molecule has 42 heteroatoms. The molecule has 0 unspecified atom stereocenters. The summed E-state index contributed by atoms with van der Waals surface area (Å²) >= 11 is 22.4. The fourth-order valence-corrected chi connectivity index (χ4v) is 12.4. The number of amides is 4. The first-order valence-corrected chi connectivity index (χ1v) is 36.9. The quantitative estimate of drug-likeness (QED) is 0.00827. The van der Waals surface area contributed by atoms with Crippen molar-refractivity contribution in [2.45, 2.75) is 102 Å². The Kier molecular flexibility index (Phi) is 28.5. The average molecular weight is 1800 g/mol. The number of hydrogen-bond acceptors (Lipinski definition) is 18. The van der Waals surface area contributed by atoms with Crippen LogP contribution in [0.2, 0.25) is 0 Å². The topological polar surface area (TPSA) is 366 Å². The molecule has 624 valence electrons. The van der Waals surface area contributed by atoms with Crippen LogP contribution in [0.5, 0.6) is 23.0 Å². The summed E-state index contributed by atoms with van der Waals surface area (Å²) in [4.78, 5) is 81.9. The van der Waals surface area contributed by atoms with E-state index in [0.717, 1.165) is 9.99 Å². The summed E-state index contributed by atoms with van der Waals surface area (Å²) in [5.41, 5.74) is -0.632. The van der Waals surface area contributed by atoms with Crippen molar-refractivity contribution in [3.63, 3.8) is 0 Å². The predicted octanol–water partition coefficient (Wildman–Crippen LogP) is 19.8. The number of carbonyl (C=O) groups is 4. The van der Waals surface area contributed by atoms with Gasteiger partial charge in [-0.1, -0.05) is 10.3 Å². The molecule has 8 aromatic carbocycles. The number of aromatic amines is 1. The molecule has 0 fully saturated rings. The van der Waals surface area contributed by atoms with Gasteiger partial charge in [0.25, 0.3) is 23.6 Å². The molecule has 0 spiro atoms. The number of halogens is 14. The lowest BCUT2D eigenvalue weighted by Gasteiger charge is -2.13. The number of aromatic nitrogens is 10. The highest BCUT2D eigenvalue weighted by Gasteiger charge is 2.32. The van der Waals surface area contributed by atoms with Gasteiger partial charge in [-0.05, 0) is 217 Å². The Hall–Kier alpha value is -12.6. The van der Waals surface area contributed by atoms with Gasteiger partial charge in [-0.2, -0.15) is 5.26 Å². The standard InChI is InChI=1S/C20H16ClF2N5O4.C19H18ClF2N5O3.C19H15ClF2N4O2.C18H15BrClF2N3O2.CH3F/c1-10(2)28-9-24-15-8-11(7-14(16(15)28)17-26-19(30)32-27-17)18(29)25-12-3-5-13(6-4-12)31-20(21,22)23;1-10(2)27-9-24-15-8-11(7-14(16(15)27)17(23)26-29)18(28)25-12-3-5-13(6-4-12)30-19(20,21)22;1-11(2)26-10-24-16-8-12(7-13(9-23)17(16)26)18(27)25-14-3-5-15(6-4-14)28-19(20,21)22;1-10(2)25-9-23-15-8-11(7-14(19)16(15)25)17(26)24-12-3-5-13(6-4-12)27-18(20,21)22;1-2/h3-10H,1-2H3,(H,25,29)(H,26,27,30);3-10,29H,1-2H3,(H2,23,26)(H,25,28);3-8,10-11H,1-2H3,(H,25,27);3-10H,1-2H3,(H,24,26);1H3/i;;;;1D. The van der Waals surface area contributed by atoms with Crippen molar-refractivity contribution in [2.24, 2.45) is 10.9 Å². The number of hydrogen-bond donors (Lipinski definition) is 7. The molecule has 0 saturated carbocycles. The lowest BCUT2D eigenvalue weighted by atomic mass is 10.1. The molecule has 8 N–H and O–H groups in total. The number of nitrogens with zero attached hydrogens (tertiary/aromatic N) is 11. The van der Waals surface area contributed by atoms with Gasteiger partial charge in [-0.15, -0.1) is 35.1 Å². The molecular formula is C77H67BrCl4F9N17O11. The van der Waals surface area contributed by atoms with Gasteiger partial charge < -0.3 is 69.4 Å². The summed E-state index contributed by atoms with van der Waals surface area (Å²) in [6.07, 6.45) is 6.59. The monoisotopic (exact) mass is 1800 g/mol. The van der Waals surface area contributed by atoms with E-state index >= 15 is 0 Å². The number of fused-ring (bicyclic) bond motifs is 4. The number of anilines is 4. The van der Waals surface area contributed by atoms with E-state index in [-0.39, 0.29) is 81.4 Å². The summed E-state index contributed by atoms with van der Waals surface area (Å²) in [6, 6.07) is 36.5. The Bertz CT molecular complexity index is 5970. The van der Waals surface area contributed by atoms with E-state index in [1.807, 2.05) is 73.7 Å². The minimum Gasteiger partial charge on any atom is -0.420 e. The van der Waals surface area contributed by atoms with E-state index in [1.54, 1.807) is 61.7 Å². The molecule has 4 amide bonds. The number of ether oxygens (including phenoxy) is 4. The lowest BCUT2D eigenvalue weighted by molar-refractivity contribution is -0.0972. The van der Waals surface area contributed by atoms with Crippen LogP contribution in [0.25, 0.3) is 55.5 Å². The number of carbonyl (C=O) groups excluding carboxylic acids is 4. The van der Waals surface area contributed by atoms with Crippen LogP contribution in [0.1, 0.15) is 133 Å². The fourth-order valence-electron chi connectivity index (χ4n) is 11.4. The van der Waals surface area contributed by atoms with Crippen molar-refractivity contribution in [1.82, 2.24) is 48.3 Å². The maximum atomic E-state index is 12.9. The number of H-pyrrole nitrogens is 1. The highest BCUT2D eigenvalue weighted by Crippen LogP contribution is 2.36. The molecule has 119 heavy (non-hydrogen) atoms. The highest BCUT2D eigenvalue weighted by molar-refractivity contribution is 9.10. The van der Waals surface area contributed by atoms with E-state index in [4.69, 9.17) is 58.7 Å². The maximum absolute atomic E-state index is 12.9. The summed E-state index contributed by atoms with van der Waals surface area (Å²) < 4.78 is 147. The molecule has 5 aromatic heterocycles. The van der Waals surface area contributed by atoms with E-state index < -0.39 is 52.9 Å². The zero-order valence-electron chi connectivity index (χ0n) is 64.0. The molecule has 13 rings (SSSR count). The Morgan fingerprint density at radius 1 is 0.513 bits per heavy atom. The van der Waals surface area contributed by atoms with Crippen LogP contribution in [0.3, 0.4) is 0 Å². The van der Waals surface area contributed by atoms with E-state index in [0.29, 0.717) is 83.6 Å². The van der Waals surface area contributed by atoms with Gasteiger partial charge in [0.1, 0.15) is 29.1 Å². The number of nitriles is 1. The second-order valence-corrected chi connectivity index (χ2v) is 28.7. The maximum Gasteiger partial charge on any atom is 0.487 e. The van der Waals surface area contributed by atoms with Crippen LogP contribution in [0.4, 0.5) is 62.3 Å². The number of rotatable bonds is 22. The van der Waals surface area contributed by atoms with Gasteiger partial charge in [0.2, 0.25) is 0 Å². The van der Waals surface area contributed by atoms with Gasteiger partial charge in [-0.3, -0.25) is 33.1 Å². The van der Waals surface area contributed by atoms with E-state index in [9.17, 15) is 68.7 Å². The zero-order chi connectivity index (χ0) is 88.0. The van der Waals surface area contributed by atoms with Crippen LogP contribution >= 0.6 is 62.3 Å². The van der Waals surface area contributed by atoms with Crippen LogP contribution in [-0.2, 0) is 0 Å². The highest BCUT2D eigenvalue weighted by atomic mass is 79.9. The molecule has 0 aliphatic heterocycles. The van der Waals surface area contributed by atoms with Gasteiger partial charge in [-0.25, -0.2) is 24.7 Å². The first-order valence-electron chi connectivity index (χ1n) is 35.3. The Morgan fingerprint density at radius 3 is 1.13 bits per heavy atom. The molecule has 0 radical (unpaired) electrons. The molecule has 0 atom stereocenters. The second kappa shape index (κ2) is 38.2. The summed E-state index contributed by atoms with van der Waals surface area (Å²) in [7, 11) is -1.00.